The number of rotatable bonds is 3. The number of hydrogen-bond acceptors (Lipinski definition) is 4. The van der Waals surface area contributed by atoms with Crippen molar-refractivity contribution in [2.75, 3.05) is 12.1 Å². The normalized spacial score (nSPS) is 12.0. The van der Waals surface area contributed by atoms with Crippen LogP contribution in [0.1, 0.15) is 20.7 Å². The Balaban J connectivity index is 1.87. The van der Waals surface area contributed by atoms with Gasteiger partial charge in [-0.3, -0.25) is 4.79 Å². The molecule has 22 heavy (non-hydrogen) atoms. The Morgan fingerprint density at radius 1 is 1.09 bits per heavy atom. The van der Waals surface area contributed by atoms with Crippen molar-refractivity contribution >= 4 is 29.2 Å². The fraction of sp³-hybridized carbons (Fsp3) is 0.0667. The number of hydrogen-bond donors (Lipinski definition) is 2. The van der Waals surface area contributed by atoms with Gasteiger partial charge in [0.15, 0.2) is 11.5 Å². The number of anilines is 1. The first-order valence-corrected chi connectivity index (χ1v) is 6.66. The molecule has 0 unspecified atom stereocenters. The molecule has 2 aromatic carbocycles. The van der Waals surface area contributed by atoms with Crippen molar-refractivity contribution in [2.24, 2.45) is 0 Å². The third-order valence-corrected chi connectivity index (χ3v) is 3.33. The van der Waals surface area contributed by atoms with Crippen LogP contribution in [0.4, 0.5) is 5.69 Å². The van der Waals surface area contributed by atoms with Crippen LogP contribution in [0.25, 0.3) is 0 Å². The Hall–Kier alpha value is -2.73. The van der Waals surface area contributed by atoms with Crippen LogP contribution in [0, 0.1) is 0 Å². The van der Waals surface area contributed by atoms with Crippen molar-refractivity contribution in [1.29, 1.82) is 0 Å². The summed E-state index contributed by atoms with van der Waals surface area (Å²) in [6.07, 6.45) is 0. The summed E-state index contributed by atoms with van der Waals surface area (Å²) in [6.45, 7) is 0.112. The Morgan fingerprint density at radius 2 is 1.86 bits per heavy atom. The van der Waals surface area contributed by atoms with E-state index in [-0.39, 0.29) is 23.1 Å². The minimum absolute atomic E-state index is 0.0819. The fourth-order valence-electron chi connectivity index (χ4n) is 2.03. The van der Waals surface area contributed by atoms with Crippen molar-refractivity contribution in [3.8, 4) is 11.5 Å². The highest BCUT2D eigenvalue weighted by Gasteiger charge is 2.18. The summed E-state index contributed by atoms with van der Waals surface area (Å²) in [5.74, 6) is -0.594. The van der Waals surface area contributed by atoms with Gasteiger partial charge in [-0.2, -0.15) is 0 Å². The number of amides is 1. The number of benzene rings is 2. The van der Waals surface area contributed by atoms with Gasteiger partial charge in [0.05, 0.1) is 11.3 Å². The van der Waals surface area contributed by atoms with Crippen molar-refractivity contribution < 1.29 is 24.2 Å². The Morgan fingerprint density at radius 3 is 2.64 bits per heavy atom. The van der Waals surface area contributed by atoms with Crippen LogP contribution in [0.2, 0.25) is 5.02 Å². The zero-order chi connectivity index (χ0) is 15.7. The molecule has 1 aliphatic rings. The lowest BCUT2D eigenvalue weighted by Crippen LogP contribution is -2.14. The summed E-state index contributed by atoms with van der Waals surface area (Å²) in [5, 5.41) is 12.0. The second-order valence-corrected chi connectivity index (χ2v) is 4.95. The van der Waals surface area contributed by atoms with Gasteiger partial charge in [-0.25, -0.2) is 4.79 Å². The van der Waals surface area contributed by atoms with Gasteiger partial charge >= 0.3 is 5.97 Å². The molecule has 1 aliphatic heterocycles. The average Bonchev–Trinajstić information content (AvgIpc) is 2.96. The lowest BCUT2D eigenvalue weighted by molar-refractivity contribution is 0.0698. The monoisotopic (exact) mass is 319 g/mol. The Labute approximate surface area is 130 Å². The predicted molar refractivity (Wildman–Crippen MR) is 78.9 cm³/mol. The van der Waals surface area contributed by atoms with E-state index >= 15 is 0 Å². The zero-order valence-corrected chi connectivity index (χ0v) is 11.9. The number of carboxylic acid groups (broad SMARTS) is 1. The first-order chi connectivity index (χ1) is 10.5. The minimum Gasteiger partial charge on any atom is -0.478 e. The SMILES string of the molecule is O=C(Nc1ccc(Cl)cc1C(=O)O)c1ccc2c(c1)OCO2. The number of halogens is 1. The minimum atomic E-state index is -1.18. The van der Waals surface area contributed by atoms with Crippen LogP contribution in [-0.2, 0) is 0 Å². The number of aromatic carboxylic acids is 1. The molecule has 0 spiro atoms. The third-order valence-electron chi connectivity index (χ3n) is 3.09. The van der Waals surface area contributed by atoms with Gasteiger partial charge < -0.3 is 19.9 Å². The predicted octanol–water partition coefficient (Wildman–Crippen LogP) is 3.02. The van der Waals surface area contributed by atoms with Crippen LogP contribution < -0.4 is 14.8 Å². The van der Waals surface area contributed by atoms with E-state index < -0.39 is 11.9 Å². The van der Waals surface area contributed by atoms with E-state index in [4.69, 9.17) is 26.2 Å². The molecule has 0 atom stereocenters. The summed E-state index contributed by atoms with van der Waals surface area (Å²) in [5.41, 5.74) is 0.414. The smallest absolute Gasteiger partial charge is 0.337 e. The first-order valence-electron chi connectivity index (χ1n) is 6.28. The number of carboxylic acids is 1. The highest BCUT2D eigenvalue weighted by atomic mass is 35.5. The van der Waals surface area contributed by atoms with Crippen molar-refractivity contribution in [1.82, 2.24) is 0 Å². The third kappa shape index (κ3) is 2.68. The van der Waals surface area contributed by atoms with Crippen molar-refractivity contribution in [2.45, 2.75) is 0 Å². The molecule has 1 amide bonds. The summed E-state index contributed by atoms with van der Waals surface area (Å²) in [6, 6.07) is 8.95. The van der Waals surface area contributed by atoms with Crippen LogP contribution in [0.15, 0.2) is 36.4 Å². The number of fused-ring (bicyclic) bond motifs is 1. The molecule has 0 aromatic heterocycles. The second kappa shape index (κ2) is 5.57. The van der Waals surface area contributed by atoms with Gasteiger partial charge in [0.2, 0.25) is 6.79 Å². The van der Waals surface area contributed by atoms with Crippen molar-refractivity contribution in [3.63, 3.8) is 0 Å². The van der Waals surface area contributed by atoms with E-state index in [0.29, 0.717) is 17.1 Å². The zero-order valence-electron chi connectivity index (χ0n) is 11.1. The molecule has 0 radical (unpaired) electrons. The molecule has 0 aliphatic carbocycles. The molecular weight excluding hydrogens is 310 g/mol. The Kier molecular flexibility index (Phi) is 3.60. The van der Waals surface area contributed by atoms with Gasteiger partial charge in [0.25, 0.3) is 5.91 Å². The second-order valence-electron chi connectivity index (χ2n) is 4.52. The number of carbonyl (C=O) groups is 2. The molecule has 112 valence electrons. The summed E-state index contributed by atoms with van der Waals surface area (Å²) < 4.78 is 10.4. The van der Waals surface area contributed by atoms with E-state index in [1.165, 1.54) is 24.3 Å². The van der Waals surface area contributed by atoms with Crippen LogP contribution in [0.3, 0.4) is 0 Å². The van der Waals surface area contributed by atoms with Gasteiger partial charge in [-0.1, -0.05) is 11.6 Å². The maximum absolute atomic E-state index is 12.2. The van der Waals surface area contributed by atoms with Gasteiger partial charge in [-0.15, -0.1) is 0 Å². The highest BCUT2D eigenvalue weighted by Crippen LogP contribution is 2.32. The molecule has 1 heterocycles. The van der Waals surface area contributed by atoms with E-state index in [1.54, 1.807) is 12.1 Å². The molecular formula is C15H10ClNO5. The average molecular weight is 320 g/mol. The lowest BCUT2D eigenvalue weighted by atomic mass is 10.1. The largest absolute Gasteiger partial charge is 0.478 e. The number of ether oxygens (including phenoxy) is 2. The molecule has 2 aromatic rings. The molecule has 2 N–H and O–H groups in total. The summed E-state index contributed by atoms with van der Waals surface area (Å²) in [4.78, 5) is 23.4. The molecule has 3 rings (SSSR count). The molecule has 0 saturated carbocycles. The summed E-state index contributed by atoms with van der Waals surface area (Å²) in [7, 11) is 0. The molecule has 7 heteroatoms. The fourth-order valence-corrected chi connectivity index (χ4v) is 2.21. The van der Waals surface area contributed by atoms with Crippen LogP contribution >= 0.6 is 11.6 Å². The highest BCUT2D eigenvalue weighted by molar-refractivity contribution is 6.31. The lowest BCUT2D eigenvalue weighted by Gasteiger charge is -2.09. The van der Waals surface area contributed by atoms with E-state index in [1.807, 2.05) is 0 Å². The van der Waals surface area contributed by atoms with Crippen LogP contribution in [0.5, 0.6) is 11.5 Å². The van der Waals surface area contributed by atoms with E-state index in [9.17, 15) is 9.59 Å². The quantitative estimate of drug-likeness (QED) is 0.908. The molecule has 0 bridgehead atoms. The van der Waals surface area contributed by atoms with Crippen LogP contribution in [-0.4, -0.2) is 23.8 Å². The summed E-state index contributed by atoms with van der Waals surface area (Å²) >= 11 is 5.77. The maximum atomic E-state index is 12.2. The molecule has 6 nitrogen and oxygen atoms in total. The maximum Gasteiger partial charge on any atom is 0.337 e. The van der Waals surface area contributed by atoms with Gasteiger partial charge in [-0.05, 0) is 36.4 Å². The number of nitrogens with one attached hydrogen (secondary N) is 1. The molecule has 0 fully saturated rings. The van der Waals surface area contributed by atoms with E-state index in [2.05, 4.69) is 5.32 Å². The topological polar surface area (TPSA) is 84.9 Å². The van der Waals surface area contributed by atoms with Crippen molar-refractivity contribution in [3.05, 3.63) is 52.5 Å². The molecule has 0 saturated heterocycles. The van der Waals surface area contributed by atoms with Gasteiger partial charge in [0.1, 0.15) is 0 Å². The van der Waals surface area contributed by atoms with E-state index in [0.717, 1.165) is 0 Å². The first kappa shape index (κ1) is 14.2. The number of carbonyl (C=O) groups excluding carboxylic acids is 1. The standard InChI is InChI=1S/C15H10ClNO5/c16-9-2-3-11(10(6-9)15(19)20)17-14(18)8-1-4-12-13(5-8)22-7-21-12/h1-6H,7H2,(H,17,18)(H,19,20). The Bertz CT molecular complexity index is 775. The van der Waals surface area contributed by atoms with Gasteiger partial charge in [0, 0.05) is 10.6 Å².